The van der Waals surface area contributed by atoms with E-state index in [1.54, 1.807) is 0 Å². The van der Waals surface area contributed by atoms with E-state index in [0.29, 0.717) is 38.5 Å². The van der Waals surface area contributed by atoms with Gasteiger partial charge in [0.1, 0.15) is 12.1 Å². The minimum atomic E-state index is -0.974. The maximum absolute atomic E-state index is 10.1. The Balaban J connectivity index is 0. The number of aliphatic hydroxyl groups excluding tert-OH is 2. The Morgan fingerprint density at radius 2 is 1.05 bits per heavy atom. The molecule has 0 amide bonds. The normalized spacial score (nSPS) is 13.0. The summed E-state index contributed by atoms with van der Waals surface area (Å²) in [4.78, 5) is 20.2. The van der Waals surface area contributed by atoms with Crippen LogP contribution in [0, 0.1) is 0 Å². The lowest BCUT2D eigenvalue weighted by Crippen LogP contribution is -2.29. The van der Waals surface area contributed by atoms with Crippen LogP contribution in [0.4, 0.5) is 0 Å². The number of aliphatic hydroxyl groups is 2. The summed E-state index contributed by atoms with van der Waals surface area (Å²) in [7, 11) is 0. The van der Waals surface area contributed by atoms with Crippen molar-refractivity contribution in [2.24, 2.45) is 11.5 Å². The van der Waals surface area contributed by atoms with Crippen LogP contribution >= 0.6 is 0 Å². The summed E-state index contributed by atoms with van der Waals surface area (Å²) in [5.74, 6) is -1.95. The van der Waals surface area contributed by atoms with Gasteiger partial charge in [-0.05, 0) is 38.5 Å². The van der Waals surface area contributed by atoms with Crippen molar-refractivity contribution in [1.82, 2.24) is 0 Å². The fourth-order valence-corrected chi connectivity index (χ4v) is 1.20. The third-order valence-corrected chi connectivity index (χ3v) is 2.48. The van der Waals surface area contributed by atoms with Crippen LogP contribution in [-0.4, -0.2) is 57.7 Å². The molecule has 0 saturated heterocycles. The summed E-state index contributed by atoms with van der Waals surface area (Å²) in [5.41, 5.74) is 10.4. The van der Waals surface area contributed by atoms with E-state index in [9.17, 15) is 9.59 Å². The number of carbonyl (C=O) groups is 2. The van der Waals surface area contributed by atoms with Crippen molar-refractivity contribution in [3.63, 3.8) is 0 Å². The van der Waals surface area contributed by atoms with Crippen LogP contribution in [0.3, 0.4) is 0 Å². The second kappa shape index (κ2) is 14.2. The number of carboxylic acids is 2. The van der Waals surface area contributed by atoms with Crippen LogP contribution < -0.4 is 11.5 Å². The molecule has 0 heterocycles. The second-order valence-corrected chi connectivity index (χ2v) is 4.33. The van der Waals surface area contributed by atoms with Gasteiger partial charge in [-0.2, -0.15) is 0 Å². The van der Waals surface area contributed by atoms with E-state index in [1.807, 2.05) is 0 Å². The SMILES string of the molecule is N[C@@H](CCCCO)C(=O)O.N[C@@H](CCCCO)C(=O)O. The molecule has 120 valence electrons. The molecule has 20 heavy (non-hydrogen) atoms. The smallest absolute Gasteiger partial charge is 0.320 e. The lowest BCUT2D eigenvalue weighted by molar-refractivity contribution is -0.139. The molecule has 0 aliphatic heterocycles. The van der Waals surface area contributed by atoms with Crippen molar-refractivity contribution in [2.75, 3.05) is 13.2 Å². The lowest BCUT2D eigenvalue weighted by atomic mass is 10.1. The predicted octanol–water partition coefficient (Wildman–Crippen LogP) is -0.878. The van der Waals surface area contributed by atoms with Gasteiger partial charge in [-0.1, -0.05) is 0 Å². The van der Waals surface area contributed by atoms with Gasteiger partial charge < -0.3 is 31.9 Å². The molecular weight excluding hydrogens is 268 g/mol. The Hall–Kier alpha value is -1.22. The molecule has 0 aliphatic carbocycles. The zero-order chi connectivity index (χ0) is 16.0. The Labute approximate surface area is 118 Å². The first-order chi connectivity index (χ1) is 9.36. The van der Waals surface area contributed by atoms with Crippen molar-refractivity contribution in [3.8, 4) is 0 Å². The van der Waals surface area contributed by atoms with Gasteiger partial charge in [0.15, 0.2) is 0 Å². The molecule has 0 spiro atoms. The third kappa shape index (κ3) is 14.8. The largest absolute Gasteiger partial charge is 0.480 e. The first kappa shape index (κ1) is 21.1. The summed E-state index contributed by atoms with van der Waals surface area (Å²) in [6.07, 6.45) is 3.47. The number of carboxylic acid groups (broad SMARTS) is 2. The molecule has 8 nitrogen and oxygen atoms in total. The third-order valence-electron chi connectivity index (χ3n) is 2.48. The molecule has 0 saturated carbocycles. The Bertz CT molecular complexity index is 236. The highest BCUT2D eigenvalue weighted by Crippen LogP contribution is 1.98. The fourth-order valence-electron chi connectivity index (χ4n) is 1.20. The molecule has 0 radical (unpaired) electrons. The molecule has 2 atom stereocenters. The number of rotatable bonds is 10. The number of hydrogen-bond acceptors (Lipinski definition) is 6. The number of unbranched alkanes of at least 4 members (excludes halogenated alkanes) is 2. The molecule has 0 fully saturated rings. The maximum atomic E-state index is 10.1. The van der Waals surface area contributed by atoms with E-state index >= 15 is 0 Å². The highest BCUT2D eigenvalue weighted by Gasteiger charge is 2.09. The van der Waals surface area contributed by atoms with E-state index in [-0.39, 0.29) is 13.2 Å². The Morgan fingerprint density at radius 1 is 0.750 bits per heavy atom. The first-order valence-corrected chi connectivity index (χ1v) is 6.55. The predicted molar refractivity (Wildman–Crippen MR) is 73.1 cm³/mol. The average molecular weight is 294 g/mol. The van der Waals surface area contributed by atoms with Gasteiger partial charge in [-0.25, -0.2) is 0 Å². The molecule has 0 rings (SSSR count). The molecule has 0 unspecified atom stereocenters. The number of nitrogens with two attached hydrogens (primary N) is 2. The summed E-state index contributed by atoms with van der Waals surface area (Å²) in [5, 5.41) is 33.2. The van der Waals surface area contributed by atoms with Crippen molar-refractivity contribution >= 4 is 11.9 Å². The summed E-state index contributed by atoms with van der Waals surface area (Å²) in [6, 6.07) is -1.54. The Kier molecular flexibility index (Phi) is 15.0. The molecule has 0 aromatic rings. The van der Waals surface area contributed by atoms with E-state index in [1.165, 1.54) is 0 Å². The van der Waals surface area contributed by atoms with Gasteiger partial charge in [0, 0.05) is 13.2 Å². The quantitative estimate of drug-likeness (QED) is 0.282. The van der Waals surface area contributed by atoms with E-state index in [0.717, 1.165) is 0 Å². The van der Waals surface area contributed by atoms with Gasteiger partial charge in [0.05, 0.1) is 0 Å². The van der Waals surface area contributed by atoms with E-state index in [2.05, 4.69) is 0 Å². The van der Waals surface area contributed by atoms with Crippen molar-refractivity contribution in [3.05, 3.63) is 0 Å². The van der Waals surface area contributed by atoms with Crippen LogP contribution in [0.1, 0.15) is 38.5 Å². The van der Waals surface area contributed by atoms with Crippen molar-refractivity contribution in [2.45, 2.75) is 50.6 Å². The average Bonchev–Trinajstić information content (AvgIpc) is 2.39. The molecule has 0 aromatic carbocycles. The van der Waals surface area contributed by atoms with Crippen LogP contribution in [0.2, 0.25) is 0 Å². The standard InChI is InChI=1S/2C6H13NO3/c2*7-5(6(9)10)3-1-2-4-8/h2*5,8H,1-4,7H2,(H,9,10)/t2*5-/m00/s1. The minimum absolute atomic E-state index is 0.104. The maximum Gasteiger partial charge on any atom is 0.320 e. The summed E-state index contributed by atoms with van der Waals surface area (Å²) in [6.45, 7) is 0.207. The van der Waals surface area contributed by atoms with Crippen LogP contribution in [0.25, 0.3) is 0 Å². The minimum Gasteiger partial charge on any atom is -0.480 e. The van der Waals surface area contributed by atoms with E-state index < -0.39 is 24.0 Å². The molecule has 0 bridgehead atoms. The Morgan fingerprint density at radius 3 is 1.25 bits per heavy atom. The van der Waals surface area contributed by atoms with Gasteiger partial charge >= 0.3 is 11.9 Å². The molecule has 8 heteroatoms. The van der Waals surface area contributed by atoms with Crippen molar-refractivity contribution < 1.29 is 30.0 Å². The summed E-state index contributed by atoms with van der Waals surface area (Å²) < 4.78 is 0. The molecule has 8 N–H and O–H groups in total. The van der Waals surface area contributed by atoms with Gasteiger partial charge in [-0.15, -0.1) is 0 Å². The van der Waals surface area contributed by atoms with Gasteiger partial charge in [0.25, 0.3) is 0 Å². The van der Waals surface area contributed by atoms with Crippen LogP contribution in [-0.2, 0) is 9.59 Å². The zero-order valence-electron chi connectivity index (χ0n) is 11.6. The molecule has 0 aromatic heterocycles. The number of aliphatic carboxylic acids is 2. The van der Waals surface area contributed by atoms with Crippen LogP contribution in [0.5, 0.6) is 0 Å². The highest BCUT2D eigenvalue weighted by molar-refractivity contribution is 5.73. The van der Waals surface area contributed by atoms with Gasteiger partial charge in [-0.3, -0.25) is 9.59 Å². The number of hydrogen-bond donors (Lipinski definition) is 6. The first-order valence-electron chi connectivity index (χ1n) is 6.55. The topological polar surface area (TPSA) is 167 Å². The van der Waals surface area contributed by atoms with Crippen molar-refractivity contribution in [1.29, 1.82) is 0 Å². The summed E-state index contributed by atoms with van der Waals surface area (Å²) >= 11 is 0. The lowest BCUT2D eigenvalue weighted by Gasteiger charge is -2.03. The van der Waals surface area contributed by atoms with Crippen LogP contribution in [0.15, 0.2) is 0 Å². The van der Waals surface area contributed by atoms with Gasteiger partial charge in [0.2, 0.25) is 0 Å². The highest BCUT2D eigenvalue weighted by atomic mass is 16.4. The second-order valence-electron chi connectivity index (χ2n) is 4.33. The van der Waals surface area contributed by atoms with E-state index in [4.69, 9.17) is 31.9 Å². The molecular formula is C12H26N2O6. The zero-order valence-corrected chi connectivity index (χ0v) is 11.6. The fraction of sp³-hybridized carbons (Fsp3) is 0.833. The molecule has 0 aliphatic rings. The monoisotopic (exact) mass is 294 g/mol.